The maximum Gasteiger partial charge on any atom is 0.144 e. The van der Waals surface area contributed by atoms with Crippen molar-refractivity contribution >= 4 is 7.26 Å². The minimum Gasteiger partial charge on any atom is -1.00 e. The van der Waals surface area contributed by atoms with Crippen LogP contribution in [0.4, 0.5) is 0 Å². The minimum absolute atomic E-state index is 0. The van der Waals surface area contributed by atoms with Crippen molar-refractivity contribution < 1.29 is 24.0 Å². The van der Waals surface area contributed by atoms with Gasteiger partial charge in [-0.15, -0.1) is 0 Å². The number of rotatable bonds is 1. The Hall–Kier alpha value is 0.650. The number of halogens is 1. The van der Waals surface area contributed by atoms with Crippen LogP contribution in [0.15, 0.2) is 0 Å². The molecule has 0 aliphatic carbocycles. The molecule has 0 saturated carbocycles. The van der Waals surface area contributed by atoms with Gasteiger partial charge in [0.25, 0.3) is 0 Å². The van der Waals surface area contributed by atoms with Gasteiger partial charge < -0.3 is 24.0 Å². The van der Waals surface area contributed by atoms with Gasteiger partial charge in [-0.1, -0.05) is 0 Å². The Bertz CT molecular complexity index is 89.6. The summed E-state index contributed by atoms with van der Waals surface area (Å²) in [6.07, 6.45) is 0.757. The summed E-state index contributed by atoms with van der Waals surface area (Å²) >= 11 is 0. The molecule has 0 spiro atoms. The van der Waals surface area contributed by atoms with E-state index in [-0.39, 0.29) is 24.0 Å². The standard InChI is InChI=1S/C5H11NP.HI/c1-7(2,3)5-4-6;/h5H2,1-3H3;1H/q+1;/p-1. The molecular formula is C5H11INP. The van der Waals surface area contributed by atoms with Gasteiger partial charge in [0.05, 0.1) is 0 Å². The van der Waals surface area contributed by atoms with E-state index in [2.05, 4.69) is 26.1 Å². The third-order valence-corrected chi connectivity index (χ3v) is 1.64. The van der Waals surface area contributed by atoms with Gasteiger partial charge in [0.15, 0.2) is 0 Å². The highest BCUT2D eigenvalue weighted by Crippen LogP contribution is 2.45. The average molecular weight is 243 g/mol. The summed E-state index contributed by atoms with van der Waals surface area (Å²) in [5.74, 6) is 0. The molecule has 0 amide bonds. The van der Waals surface area contributed by atoms with Crippen molar-refractivity contribution in [1.82, 2.24) is 0 Å². The van der Waals surface area contributed by atoms with Crippen LogP contribution in [0.25, 0.3) is 0 Å². The molecule has 0 aromatic carbocycles. The minimum atomic E-state index is -0.777. The number of nitrogens with zero attached hydrogens (tertiary/aromatic N) is 1. The van der Waals surface area contributed by atoms with Crippen molar-refractivity contribution in [2.45, 2.75) is 0 Å². The van der Waals surface area contributed by atoms with Crippen LogP contribution in [-0.4, -0.2) is 26.2 Å². The summed E-state index contributed by atoms with van der Waals surface area (Å²) in [4.78, 5) is 0. The van der Waals surface area contributed by atoms with E-state index in [0.29, 0.717) is 0 Å². The number of hydrogen-bond donors (Lipinski definition) is 0. The van der Waals surface area contributed by atoms with E-state index in [9.17, 15) is 0 Å². The highest BCUT2D eigenvalue weighted by molar-refractivity contribution is 7.73. The van der Waals surface area contributed by atoms with Crippen LogP contribution in [0.5, 0.6) is 0 Å². The Kier molecular flexibility index (Phi) is 6.47. The van der Waals surface area contributed by atoms with Crippen LogP contribution in [0.2, 0.25) is 0 Å². The third-order valence-electron chi connectivity index (χ3n) is 0.545. The SMILES string of the molecule is C[P+](C)(C)CC#N.[I-]. The summed E-state index contributed by atoms with van der Waals surface area (Å²) in [7, 11) is -0.777. The first-order valence-corrected chi connectivity index (χ1v) is 5.55. The van der Waals surface area contributed by atoms with Crippen molar-refractivity contribution in [3.05, 3.63) is 0 Å². The van der Waals surface area contributed by atoms with Gasteiger partial charge >= 0.3 is 0 Å². The van der Waals surface area contributed by atoms with Gasteiger partial charge in [-0.05, 0) is 0 Å². The van der Waals surface area contributed by atoms with E-state index in [0.717, 1.165) is 6.16 Å². The van der Waals surface area contributed by atoms with Crippen LogP contribution in [0, 0.1) is 11.3 Å². The normalized spacial score (nSPS) is 9.25. The molecule has 1 nitrogen and oxygen atoms in total. The molecule has 0 unspecified atom stereocenters. The van der Waals surface area contributed by atoms with Crippen LogP contribution >= 0.6 is 7.26 Å². The predicted molar refractivity (Wildman–Crippen MR) is 35.2 cm³/mol. The molecular weight excluding hydrogens is 232 g/mol. The maximum absolute atomic E-state index is 8.18. The summed E-state index contributed by atoms with van der Waals surface area (Å²) in [6.45, 7) is 6.49. The fourth-order valence-corrected chi connectivity index (χ4v) is 0.636. The molecule has 0 atom stereocenters. The lowest BCUT2D eigenvalue weighted by atomic mass is 10.9. The van der Waals surface area contributed by atoms with Crippen LogP contribution in [0.1, 0.15) is 0 Å². The van der Waals surface area contributed by atoms with E-state index in [1.807, 2.05) is 0 Å². The van der Waals surface area contributed by atoms with Crippen molar-refractivity contribution in [2.24, 2.45) is 0 Å². The maximum atomic E-state index is 8.18. The van der Waals surface area contributed by atoms with Crippen LogP contribution in [0.3, 0.4) is 0 Å². The molecule has 0 aliphatic heterocycles. The van der Waals surface area contributed by atoms with Gasteiger partial charge in [-0.3, -0.25) is 0 Å². The molecule has 0 aliphatic rings. The van der Waals surface area contributed by atoms with E-state index in [1.165, 1.54) is 0 Å². The molecule has 0 fully saturated rings. The average Bonchev–Trinajstić information content (AvgIpc) is 1.30. The second-order valence-corrected chi connectivity index (χ2v) is 7.50. The Labute approximate surface area is 68.8 Å². The molecule has 0 heterocycles. The zero-order chi connectivity index (χ0) is 5.91. The second-order valence-electron chi connectivity index (χ2n) is 2.61. The lowest BCUT2D eigenvalue weighted by molar-refractivity contribution is -0.00000209. The van der Waals surface area contributed by atoms with Crippen LogP contribution < -0.4 is 24.0 Å². The first-order valence-electron chi connectivity index (χ1n) is 2.24. The Morgan fingerprint density at radius 3 is 1.75 bits per heavy atom. The first kappa shape index (κ1) is 11.4. The summed E-state index contributed by atoms with van der Waals surface area (Å²) in [6, 6.07) is 2.16. The predicted octanol–water partition coefficient (Wildman–Crippen LogP) is -1.58. The molecule has 0 aromatic heterocycles. The topological polar surface area (TPSA) is 23.8 Å². The highest BCUT2D eigenvalue weighted by Gasteiger charge is 2.14. The molecule has 0 bridgehead atoms. The number of hydrogen-bond acceptors (Lipinski definition) is 1. The van der Waals surface area contributed by atoms with Crippen molar-refractivity contribution in [3.8, 4) is 6.07 Å². The molecule has 48 valence electrons. The molecule has 0 N–H and O–H groups in total. The van der Waals surface area contributed by atoms with Gasteiger partial charge in [-0.25, -0.2) is 0 Å². The van der Waals surface area contributed by atoms with Crippen LogP contribution in [-0.2, 0) is 0 Å². The van der Waals surface area contributed by atoms with E-state index < -0.39 is 7.26 Å². The van der Waals surface area contributed by atoms with Gasteiger partial charge in [0, 0.05) is 27.3 Å². The highest BCUT2D eigenvalue weighted by atomic mass is 127. The van der Waals surface area contributed by atoms with Gasteiger partial charge in [-0.2, -0.15) is 5.26 Å². The van der Waals surface area contributed by atoms with E-state index >= 15 is 0 Å². The zero-order valence-corrected chi connectivity index (χ0v) is 8.53. The lowest BCUT2D eigenvalue weighted by Gasteiger charge is -2.03. The van der Waals surface area contributed by atoms with E-state index in [1.54, 1.807) is 0 Å². The molecule has 0 aromatic rings. The zero-order valence-electron chi connectivity index (χ0n) is 5.48. The van der Waals surface area contributed by atoms with Gasteiger partial charge in [0.1, 0.15) is 12.2 Å². The molecule has 0 saturated heterocycles. The first-order chi connectivity index (χ1) is 3.06. The Morgan fingerprint density at radius 1 is 1.38 bits per heavy atom. The summed E-state index contributed by atoms with van der Waals surface area (Å²) in [5.41, 5.74) is 0. The number of nitriles is 1. The smallest absolute Gasteiger partial charge is 0.144 e. The fourth-order valence-electron chi connectivity index (χ4n) is 0.212. The van der Waals surface area contributed by atoms with E-state index in [4.69, 9.17) is 5.26 Å². The van der Waals surface area contributed by atoms with Crippen molar-refractivity contribution in [1.29, 1.82) is 5.26 Å². The lowest BCUT2D eigenvalue weighted by Crippen LogP contribution is -3.00. The molecule has 0 radical (unpaired) electrons. The monoisotopic (exact) mass is 243 g/mol. The van der Waals surface area contributed by atoms with Crippen molar-refractivity contribution in [2.75, 3.05) is 26.2 Å². The second kappa shape index (κ2) is 4.52. The Balaban J connectivity index is 0. The molecule has 3 heteroatoms. The molecule has 0 rings (SSSR count). The summed E-state index contributed by atoms with van der Waals surface area (Å²) in [5, 5.41) is 8.18. The summed E-state index contributed by atoms with van der Waals surface area (Å²) < 4.78 is 0. The van der Waals surface area contributed by atoms with Crippen molar-refractivity contribution in [3.63, 3.8) is 0 Å². The third kappa shape index (κ3) is 9.82. The fraction of sp³-hybridized carbons (Fsp3) is 0.800. The Morgan fingerprint density at radius 2 is 1.75 bits per heavy atom. The largest absolute Gasteiger partial charge is 1.00 e. The quantitative estimate of drug-likeness (QED) is 0.403. The van der Waals surface area contributed by atoms with Gasteiger partial charge in [0.2, 0.25) is 0 Å². The molecule has 8 heavy (non-hydrogen) atoms.